The number of sulfonamides is 1. The summed E-state index contributed by atoms with van der Waals surface area (Å²) in [5, 5.41) is 19.8. The molecule has 154 valence electrons. The van der Waals surface area contributed by atoms with Crippen LogP contribution in [-0.2, 0) is 14.8 Å². The van der Waals surface area contributed by atoms with Gasteiger partial charge in [0.25, 0.3) is 5.69 Å². The minimum absolute atomic E-state index is 0.00560. The summed E-state index contributed by atoms with van der Waals surface area (Å²) in [7, 11) is -4.16. The molecule has 1 aliphatic rings. The Morgan fingerprint density at radius 1 is 1.17 bits per heavy atom. The summed E-state index contributed by atoms with van der Waals surface area (Å²) < 4.78 is 27.5. The fourth-order valence-corrected chi connectivity index (χ4v) is 6.63. The van der Waals surface area contributed by atoms with E-state index in [-0.39, 0.29) is 22.4 Å². The van der Waals surface area contributed by atoms with Crippen LogP contribution in [0.3, 0.4) is 0 Å². The molecular weight excluding hydrogens is 416 g/mol. The number of aryl methyl sites for hydroxylation is 1. The standard InChI is InChI=1S/C19H20N2O6S2/c1-12-3-5-14(6-4-12)17-11-20(18(19(22)23)13(2)28-17)29(26,27)16-9-7-15(8-10-16)21(24)25/h3-10,13,17-18H,11H2,1-2H3,(H,22,23)/t13-,17-,18+/m1/s1. The van der Waals surface area contributed by atoms with E-state index in [1.54, 1.807) is 6.92 Å². The number of benzene rings is 2. The van der Waals surface area contributed by atoms with Crippen molar-refractivity contribution in [3.63, 3.8) is 0 Å². The van der Waals surface area contributed by atoms with Crippen molar-refractivity contribution in [2.75, 3.05) is 6.54 Å². The number of hydrogen-bond donors (Lipinski definition) is 1. The van der Waals surface area contributed by atoms with E-state index in [4.69, 9.17) is 0 Å². The summed E-state index contributed by atoms with van der Waals surface area (Å²) in [5.41, 5.74) is 1.75. The summed E-state index contributed by atoms with van der Waals surface area (Å²) in [6, 6.07) is 10.9. The number of nitro groups is 1. The van der Waals surface area contributed by atoms with Gasteiger partial charge in [-0.1, -0.05) is 36.8 Å². The monoisotopic (exact) mass is 436 g/mol. The number of carbonyl (C=O) groups is 1. The number of nitrogens with zero attached hydrogens (tertiary/aromatic N) is 2. The number of aliphatic carboxylic acids is 1. The van der Waals surface area contributed by atoms with Gasteiger partial charge < -0.3 is 5.11 Å². The topological polar surface area (TPSA) is 118 Å². The van der Waals surface area contributed by atoms with E-state index < -0.39 is 32.2 Å². The smallest absolute Gasteiger partial charge is 0.323 e. The van der Waals surface area contributed by atoms with E-state index in [1.165, 1.54) is 11.8 Å². The minimum atomic E-state index is -4.16. The molecule has 0 spiro atoms. The number of hydrogen-bond acceptors (Lipinski definition) is 6. The minimum Gasteiger partial charge on any atom is -0.480 e. The molecule has 0 radical (unpaired) electrons. The molecule has 2 aromatic rings. The van der Waals surface area contributed by atoms with Crippen molar-refractivity contribution in [1.82, 2.24) is 4.31 Å². The number of rotatable bonds is 5. The molecule has 8 nitrogen and oxygen atoms in total. The Hall–Kier alpha value is -2.43. The van der Waals surface area contributed by atoms with Crippen molar-refractivity contribution in [1.29, 1.82) is 0 Å². The molecule has 0 saturated carbocycles. The van der Waals surface area contributed by atoms with Crippen LogP contribution >= 0.6 is 11.8 Å². The highest BCUT2D eigenvalue weighted by molar-refractivity contribution is 8.00. The molecule has 3 rings (SSSR count). The van der Waals surface area contributed by atoms with E-state index in [0.717, 1.165) is 39.7 Å². The van der Waals surface area contributed by atoms with Gasteiger partial charge in [0.05, 0.1) is 9.82 Å². The number of non-ortho nitro benzene ring substituents is 1. The second-order valence-electron chi connectivity index (χ2n) is 6.85. The third-order valence-corrected chi connectivity index (χ3v) is 8.13. The number of nitro benzene ring substituents is 1. The van der Waals surface area contributed by atoms with Crippen LogP contribution < -0.4 is 0 Å². The van der Waals surface area contributed by atoms with Gasteiger partial charge in [0.15, 0.2) is 0 Å². The fraction of sp³-hybridized carbons (Fsp3) is 0.316. The van der Waals surface area contributed by atoms with Crippen molar-refractivity contribution >= 4 is 33.4 Å². The Balaban J connectivity index is 2.00. The average molecular weight is 437 g/mol. The van der Waals surface area contributed by atoms with Crippen LogP contribution in [0.25, 0.3) is 0 Å². The zero-order valence-electron chi connectivity index (χ0n) is 15.8. The molecule has 1 fully saturated rings. The van der Waals surface area contributed by atoms with Crippen molar-refractivity contribution < 1.29 is 23.2 Å². The molecule has 1 N–H and O–H groups in total. The Labute approximate surface area is 172 Å². The van der Waals surface area contributed by atoms with Crippen LogP contribution in [0.4, 0.5) is 5.69 Å². The first-order chi connectivity index (χ1) is 13.6. The van der Waals surface area contributed by atoms with E-state index in [0.29, 0.717) is 0 Å². The number of carboxylic acids is 1. The highest BCUT2D eigenvalue weighted by atomic mass is 32.2. The van der Waals surface area contributed by atoms with Crippen molar-refractivity contribution in [3.8, 4) is 0 Å². The highest BCUT2D eigenvalue weighted by Gasteiger charge is 2.45. The maximum absolute atomic E-state index is 13.2. The van der Waals surface area contributed by atoms with Gasteiger partial charge in [-0.15, -0.1) is 11.8 Å². The van der Waals surface area contributed by atoms with Crippen LogP contribution in [-0.4, -0.2) is 46.6 Å². The SMILES string of the molecule is Cc1ccc([C@H]2CN(S(=O)(=O)c3ccc([N+](=O)[O-])cc3)[C@H](C(=O)O)[C@@H](C)S2)cc1. The van der Waals surface area contributed by atoms with Crippen LogP contribution in [0.2, 0.25) is 0 Å². The Morgan fingerprint density at radius 2 is 1.76 bits per heavy atom. The zero-order chi connectivity index (χ0) is 21.3. The Kier molecular flexibility index (Phi) is 5.97. The van der Waals surface area contributed by atoms with Gasteiger partial charge in [0.2, 0.25) is 10.0 Å². The summed E-state index contributed by atoms with van der Waals surface area (Å²) >= 11 is 1.43. The second-order valence-corrected chi connectivity index (χ2v) is 10.3. The molecular formula is C19H20N2O6S2. The van der Waals surface area contributed by atoms with Crippen LogP contribution in [0, 0.1) is 17.0 Å². The Morgan fingerprint density at radius 3 is 2.28 bits per heavy atom. The zero-order valence-corrected chi connectivity index (χ0v) is 17.4. The molecule has 0 aromatic heterocycles. The third kappa shape index (κ3) is 4.29. The number of carboxylic acid groups (broad SMARTS) is 1. The molecule has 1 heterocycles. The largest absolute Gasteiger partial charge is 0.480 e. The van der Waals surface area contributed by atoms with Gasteiger partial charge in [-0.05, 0) is 24.6 Å². The first-order valence-electron chi connectivity index (χ1n) is 8.82. The molecule has 1 aliphatic heterocycles. The normalized spacial score (nSPS) is 22.9. The molecule has 0 bridgehead atoms. The van der Waals surface area contributed by atoms with E-state index >= 15 is 0 Å². The summed E-state index contributed by atoms with van der Waals surface area (Å²) in [4.78, 5) is 21.9. The lowest BCUT2D eigenvalue weighted by Gasteiger charge is -2.40. The molecule has 0 aliphatic carbocycles. The van der Waals surface area contributed by atoms with Gasteiger partial charge in [0.1, 0.15) is 6.04 Å². The molecule has 2 aromatic carbocycles. The first-order valence-corrected chi connectivity index (χ1v) is 11.2. The first kappa shape index (κ1) is 21.3. The third-order valence-electron chi connectivity index (χ3n) is 4.84. The summed E-state index contributed by atoms with van der Waals surface area (Å²) in [6.45, 7) is 3.64. The van der Waals surface area contributed by atoms with E-state index in [2.05, 4.69) is 0 Å². The van der Waals surface area contributed by atoms with Gasteiger partial charge in [-0.2, -0.15) is 4.31 Å². The second kappa shape index (κ2) is 8.13. The molecule has 3 atom stereocenters. The van der Waals surface area contributed by atoms with Gasteiger partial charge in [-0.3, -0.25) is 14.9 Å². The molecule has 10 heteroatoms. The fourth-order valence-electron chi connectivity index (χ4n) is 3.30. The van der Waals surface area contributed by atoms with Gasteiger partial charge >= 0.3 is 5.97 Å². The molecule has 1 saturated heterocycles. The van der Waals surface area contributed by atoms with Gasteiger partial charge in [0, 0.05) is 29.2 Å². The predicted octanol–water partition coefficient (Wildman–Crippen LogP) is 3.22. The predicted molar refractivity (Wildman–Crippen MR) is 109 cm³/mol. The van der Waals surface area contributed by atoms with Crippen molar-refractivity contribution in [2.24, 2.45) is 0 Å². The lowest BCUT2D eigenvalue weighted by atomic mass is 10.1. The maximum atomic E-state index is 13.2. The summed E-state index contributed by atoms with van der Waals surface area (Å²) in [6.07, 6.45) is 0. The summed E-state index contributed by atoms with van der Waals surface area (Å²) in [5.74, 6) is -1.22. The van der Waals surface area contributed by atoms with Crippen LogP contribution in [0.1, 0.15) is 23.3 Å². The Bertz CT molecular complexity index is 1020. The molecule has 29 heavy (non-hydrogen) atoms. The van der Waals surface area contributed by atoms with Crippen molar-refractivity contribution in [3.05, 3.63) is 69.8 Å². The average Bonchev–Trinajstić information content (AvgIpc) is 2.67. The van der Waals surface area contributed by atoms with Crippen LogP contribution in [0.5, 0.6) is 0 Å². The van der Waals surface area contributed by atoms with E-state index in [9.17, 15) is 28.4 Å². The quantitative estimate of drug-likeness (QED) is 0.565. The van der Waals surface area contributed by atoms with Gasteiger partial charge in [-0.25, -0.2) is 8.42 Å². The molecule has 0 unspecified atom stereocenters. The van der Waals surface area contributed by atoms with Crippen LogP contribution in [0.15, 0.2) is 53.4 Å². The highest BCUT2D eigenvalue weighted by Crippen LogP contribution is 2.42. The lowest BCUT2D eigenvalue weighted by molar-refractivity contribution is -0.384. The maximum Gasteiger partial charge on any atom is 0.323 e. The lowest BCUT2D eigenvalue weighted by Crippen LogP contribution is -2.54. The van der Waals surface area contributed by atoms with E-state index in [1.807, 2.05) is 31.2 Å². The molecule has 0 amide bonds. The van der Waals surface area contributed by atoms with Crippen molar-refractivity contribution in [2.45, 2.75) is 35.3 Å². The number of thioether (sulfide) groups is 1.